The monoisotopic (exact) mass is 804 g/mol. The van der Waals surface area contributed by atoms with Crippen LogP contribution in [0.2, 0.25) is 0 Å². The van der Waals surface area contributed by atoms with E-state index in [1.807, 2.05) is 12.1 Å². The number of rotatable bonds is 4. The molecule has 0 aliphatic rings. The third-order valence-corrected chi connectivity index (χ3v) is 14.0. The summed E-state index contributed by atoms with van der Waals surface area (Å²) in [5.41, 5.74) is 8.35. The molecular formula is C53H31F3Se. The van der Waals surface area contributed by atoms with Gasteiger partial charge in [0.2, 0.25) is 0 Å². The van der Waals surface area contributed by atoms with Gasteiger partial charge in [-0.25, -0.2) is 0 Å². The van der Waals surface area contributed by atoms with E-state index in [2.05, 4.69) is 152 Å². The van der Waals surface area contributed by atoms with Crippen molar-refractivity contribution < 1.29 is 13.2 Å². The Morgan fingerprint density at radius 3 is 1.21 bits per heavy atom. The van der Waals surface area contributed by atoms with E-state index >= 15 is 0 Å². The average molecular weight is 804 g/mol. The van der Waals surface area contributed by atoms with Crippen LogP contribution in [0.15, 0.2) is 188 Å². The molecule has 0 atom stereocenters. The summed E-state index contributed by atoms with van der Waals surface area (Å²) < 4.78 is 43.5. The van der Waals surface area contributed by atoms with Crippen molar-refractivity contribution in [3.8, 4) is 44.5 Å². The molecule has 0 radical (unpaired) electrons. The topological polar surface area (TPSA) is 0 Å². The zero-order chi connectivity index (χ0) is 38.3. The minimum atomic E-state index is -4.39. The molecule has 0 unspecified atom stereocenters. The first-order chi connectivity index (χ1) is 27.9. The Hall–Kier alpha value is -6.45. The second kappa shape index (κ2) is 13.1. The summed E-state index contributed by atoms with van der Waals surface area (Å²) in [6, 6.07) is 64.3. The Morgan fingerprint density at radius 2 is 0.719 bits per heavy atom. The molecule has 0 fully saturated rings. The number of hydrogen-bond acceptors (Lipinski definition) is 0. The van der Waals surface area contributed by atoms with Gasteiger partial charge in [-0.2, -0.15) is 0 Å². The Labute approximate surface area is 332 Å². The van der Waals surface area contributed by atoms with Crippen molar-refractivity contribution in [2.24, 2.45) is 0 Å². The van der Waals surface area contributed by atoms with Crippen LogP contribution in [0.4, 0.5) is 13.2 Å². The second-order valence-corrected chi connectivity index (χ2v) is 16.8. The van der Waals surface area contributed by atoms with Crippen molar-refractivity contribution in [1.29, 1.82) is 0 Å². The summed E-state index contributed by atoms with van der Waals surface area (Å²) in [6.45, 7) is 0. The zero-order valence-electron chi connectivity index (χ0n) is 30.4. The predicted octanol–water partition coefficient (Wildman–Crippen LogP) is 15.3. The zero-order valence-corrected chi connectivity index (χ0v) is 32.2. The van der Waals surface area contributed by atoms with E-state index < -0.39 is 11.7 Å². The first-order valence-electron chi connectivity index (χ1n) is 19.0. The van der Waals surface area contributed by atoms with Crippen LogP contribution in [0.25, 0.3) is 107 Å². The second-order valence-electron chi connectivity index (χ2n) is 14.6. The first kappa shape index (κ1) is 33.9. The number of halogens is 3. The van der Waals surface area contributed by atoms with Crippen LogP contribution >= 0.6 is 0 Å². The summed E-state index contributed by atoms with van der Waals surface area (Å²) in [5.74, 6) is 0. The van der Waals surface area contributed by atoms with Crippen molar-refractivity contribution in [2.45, 2.75) is 6.18 Å². The molecule has 11 rings (SSSR count). The summed E-state index contributed by atoms with van der Waals surface area (Å²) in [4.78, 5) is 0. The fourth-order valence-corrected chi connectivity index (χ4v) is 11.6. The van der Waals surface area contributed by atoms with Crippen LogP contribution in [0, 0.1) is 0 Å². The summed E-state index contributed by atoms with van der Waals surface area (Å²) in [7, 11) is 0. The fraction of sp³-hybridized carbons (Fsp3) is 0.0189. The van der Waals surface area contributed by atoms with E-state index in [4.69, 9.17) is 0 Å². The van der Waals surface area contributed by atoms with Crippen LogP contribution < -0.4 is 0 Å². The van der Waals surface area contributed by atoms with Gasteiger partial charge in [0.25, 0.3) is 0 Å². The van der Waals surface area contributed by atoms with Gasteiger partial charge < -0.3 is 0 Å². The maximum atomic E-state index is 13.6. The molecule has 270 valence electrons. The van der Waals surface area contributed by atoms with Gasteiger partial charge in [0.05, 0.1) is 0 Å². The molecule has 0 spiro atoms. The molecule has 0 nitrogen and oxygen atoms in total. The first-order valence-corrected chi connectivity index (χ1v) is 20.7. The molecule has 0 saturated heterocycles. The van der Waals surface area contributed by atoms with Crippen molar-refractivity contribution in [3.05, 3.63) is 194 Å². The van der Waals surface area contributed by atoms with Crippen molar-refractivity contribution in [1.82, 2.24) is 0 Å². The van der Waals surface area contributed by atoms with Crippen LogP contribution in [0.3, 0.4) is 0 Å². The molecule has 10 aromatic carbocycles. The van der Waals surface area contributed by atoms with Gasteiger partial charge in [0.1, 0.15) is 0 Å². The molecule has 0 amide bonds. The summed E-state index contributed by atoms with van der Waals surface area (Å²) in [6.07, 6.45) is -4.39. The molecule has 0 bridgehead atoms. The Morgan fingerprint density at radius 1 is 0.316 bits per heavy atom. The van der Waals surface area contributed by atoms with Crippen LogP contribution in [-0.2, 0) is 6.18 Å². The number of alkyl halides is 3. The maximum absolute atomic E-state index is 13.6. The van der Waals surface area contributed by atoms with E-state index in [0.717, 1.165) is 38.2 Å². The van der Waals surface area contributed by atoms with E-state index in [9.17, 15) is 13.2 Å². The molecule has 0 aliphatic carbocycles. The standard InChI is InChI=1S/C53H31F3Se/c54-53(55,56)35-28-25-33(26-29-35)49-40-19-8-10-21-42(40)51(43-22-11-9-20-41(43)49)45-24-12-23-44-46-31-34(27-30-47(46)57-52(44)45)50-38-17-6-4-15-36(38)48(32-13-2-1-3-14-32)37-16-5-7-18-39(37)50/h1-31H. The van der Waals surface area contributed by atoms with Gasteiger partial charge in [-0.1, -0.05) is 0 Å². The molecule has 0 N–H and O–H groups in total. The van der Waals surface area contributed by atoms with Crippen LogP contribution in [0.5, 0.6) is 0 Å². The molecule has 4 heteroatoms. The SMILES string of the molecule is FC(F)(F)c1ccc(-c2c3ccccc3c(-c3cccc4c3[se]c3ccc(-c5c6ccccc6c(-c6ccccc6)c6ccccc56)cc34)c3ccccc23)cc1. The third-order valence-electron chi connectivity index (χ3n) is 11.5. The Balaban J connectivity index is 1.15. The molecule has 57 heavy (non-hydrogen) atoms. The predicted molar refractivity (Wildman–Crippen MR) is 235 cm³/mol. The number of hydrogen-bond donors (Lipinski definition) is 0. The molecule has 1 heterocycles. The van der Waals surface area contributed by atoms with E-state index in [1.54, 1.807) is 12.1 Å². The molecular weight excluding hydrogens is 773 g/mol. The van der Waals surface area contributed by atoms with Gasteiger partial charge in [-0.05, 0) is 0 Å². The molecule has 11 aromatic rings. The third kappa shape index (κ3) is 5.36. The normalized spacial score (nSPS) is 12.1. The molecule has 1 aromatic heterocycles. The van der Waals surface area contributed by atoms with Gasteiger partial charge in [0, 0.05) is 0 Å². The Bertz CT molecular complexity index is 3260. The Kier molecular flexibility index (Phi) is 7.76. The van der Waals surface area contributed by atoms with E-state index in [-0.39, 0.29) is 14.5 Å². The van der Waals surface area contributed by atoms with Crippen LogP contribution in [-0.4, -0.2) is 14.5 Å². The number of benzene rings is 10. The number of fused-ring (bicyclic) bond motifs is 7. The quantitative estimate of drug-likeness (QED) is 0.123. The minimum absolute atomic E-state index is 0.0510. The fourth-order valence-electron chi connectivity index (χ4n) is 9.06. The average Bonchev–Trinajstić information content (AvgIpc) is 3.63. The van der Waals surface area contributed by atoms with Gasteiger partial charge in [-0.3, -0.25) is 0 Å². The summed E-state index contributed by atoms with van der Waals surface area (Å²) in [5, 5.41) is 11.7. The van der Waals surface area contributed by atoms with Crippen molar-refractivity contribution in [3.63, 3.8) is 0 Å². The van der Waals surface area contributed by atoms with Crippen LogP contribution in [0.1, 0.15) is 5.56 Å². The summed E-state index contributed by atoms with van der Waals surface area (Å²) >= 11 is 0.0510. The van der Waals surface area contributed by atoms with Gasteiger partial charge in [0.15, 0.2) is 0 Å². The van der Waals surface area contributed by atoms with E-state index in [1.165, 1.54) is 80.8 Å². The molecule has 0 aliphatic heterocycles. The van der Waals surface area contributed by atoms with Gasteiger partial charge >= 0.3 is 334 Å². The van der Waals surface area contributed by atoms with Gasteiger partial charge in [-0.15, -0.1) is 0 Å². The van der Waals surface area contributed by atoms with Crippen molar-refractivity contribution >= 4 is 76.9 Å². The molecule has 0 saturated carbocycles. The van der Waals surface area contributed by atoms with E-state index in [0.29, 0.717) is 0 Å². The van der Waals surface area contributed by atoms with Crippen molar-refractivity contribution in [2.75, 3.05) is 0 Å².